The third-order valence-electron chi connectivity index (χ3n) is 3.99. The molecule has 0 aliphatic rings. The van der Waals surface area contributed by atoms with E-state index in [2.05, 4.69) is 5.10 Å². The number of hydrogen-bond donors (Lipinski definition) is 0. The third kappa shape index (κ3) is 4.17. The molecule has 28 heavy (non-hydrogen) atoms. The molecule has 0 bridgehead atoms. The molecule has 2 aromatic carbocycles. The molecule has 1 heterocycles. The van der Waals surface area contributed by atoms with Crippen LogP contribution in [0.25, 0.3) is 28.5 Å². The zero-order valence-corrected chi connectivity index (χ0v) is 15.4. The van der Waals surface area contributed by atoms with Gasteiger partial charge in [-0.1, -0.05) is 24.3 Å². The quantitative estimate of drug-likeness (QED) is 0.416. The van der Waals surface area contributed by atoms with E-state index in [0.717, 1.165) is 4.90 Å². The molecule has 0 fully saturated rings. The van der Waals surface area contributed by atoms with Gasteiger partial charge in [-0.05, 0) is 41.6 Å². The molecule has 0 aliphatic heterocycles. The minimum atomic E-state index is -3.36. The molecule has 144 valence electrons. The van der Waals surface area contributed by atoms with Crippen LogP contribution < -0.4 is 5.56 Å². The first-order chi connectivity index (χ1) is 13.4. The Bertz CT molecular complexity index is 1060. The number of nitrogens with zero attached hydrogens (tertiary/aromatic N) is 2. The molecule has 3 rings (SSSR count). The molecule has 0 spiro atoms. The van der Waals surface area contributed by atoms with E-state index in [1.54, 1.807) is 23.9 Å². The molecular weight excluding hydrogens is 392 g/mol. The first kappa shape index (κ1) is 19.9. The maximum absolute atomic E-state index is 13.3. The van der Waals surface area contributed by atoms with Crippen molar-refractivity contribution in [3.63, 3.8) is 0 Å². The maximum atomic E-state index is 13.3. The number of hydrogen-bond acceptors (Lipinski definition) is 3. The fourth-order valence-electron chi connectivity index (χ4n) is 2.62. The number of halogens is 4. The van der Waals surface area contributed by atoms with Gasteiger partial charge in [0.1, 0.15) is 5.82 Å². The summed E-state index contributed by atoms with van der Waals surface area (Å²) in [5.74, 6) is -2.27. The highest BCUT2D eigenvalue weighted by Gasteiger charge is 2.17. The lowest BCUT2D eigenvalue weighted by atomic mass is 9.97. The highest BCUT2D eigenvalue weighted by atomic mass is 32.2. The summed E-state index contributed by atoms with van der Waals surface area (Å²) in [6.45, 7) is 0. The van der Waals surface area contributed by atoms with E-state index in [9.17, 15) is 22.4 Å². The topological polar surface area (TPSA) is 34.9 Å². The van der Waals surface area contributed by atoms with Crippen LogP contribution in [0.15, 0.2) is 70.2 Å². The van der Waals surface area contributed by atoms with Gasteiger partial charge >= 0.3 is 0 Å². The number of thioether (sulfide) groups is 1. The number of alkyl halides is 2. The zero-order chi connectivity index (χ0) is 20.3. The number of benzene rings is 2. The summed E-state index contributed by atoms with van der Waals surface area (Å²) in [4.78, 5) is 13.9. The average Bonchev–Trinajstić information content (AvgIpc) is 2.70. The number of rotatable bonds is 5. The Balaban J connectivity index is 2.24. The molecule has 0 saturated carbocycles. The van der Waals surface area contributed by atoms with E-state index < -0.39 is 23.6 Å². The van der Waals surface area contributed by atoms with Gasteiger partial charge in [-0.25, -0.2) is 22.2 Å². The van der Waals surface area contributed by atoms with Crippen LogP contribution in [-0.4, -0.2) is 22.5 Å². The zero-order valence-electron chi connectivity index (χ0n) is 14.6. The van der Waals surface area contributed by atoms with Crippen molar-refractivity contribution < 1.29 is 17.6 Å². The van der Waals surface area contributed by atoms with Gasteiger partial charge in [0.05, 0.1) is 18.0 Å². The third-order valence-corrected chi connectivity index (χ3v) is 4.73. The lowest BCUT2D eigenvalue weighted by Gasteiger charge is -2.11. The monoisotopic (exact) mass is 406 g/mol. The SMILES string of the molecule is CSc1ccc(-c2cnn(/C=C(\F)C(F)F)c(=O)c2-c2ccc(F)cc2)cc1. The smallest absolute Gasteiger partial charge is 0.267 e. The first-order valence-corrected chi connectivity index (χ1v) is 9.30. The van der Waals surface area contributed by atoms with E-state index in [-0.39, 0.29) is 5.56 Å². The predicted octanol–water partition coefficient (Wildman–Crippen LogP) is 5.47. The summed E-state index contributed by atoms with van der Waals surface area (Å²) >= 11 is 1.55. The molecular formula is C20H14F4N2OS. The average molecular weight is 406 g/mol. The van der Waals surface area contributed by atoms with Crippen LogP contribution in [0.2, 0.25) is 0 Å². The highest BCUT2D eigenvalue weighted by Crippen LogP contribution is 2.30. The summed E-state index contributed by atoms with van der Waals surface area (Å²) in [5.41, 5.74) is 0.745. The van der Waals surface area contributed by atoms with Gasteiger partial charge in [-0.3, -0.25) is 4.79 Å². The lowest BCUT2D eigenvalue weighted by Crippen LogP contribution is -2.21. The molecule has 0 amide bonds. The van der Waals surface area contributed by atoms with Crippen molar-refractivity contribution in [1.29, 1.82) is 0 Å². The second-order valence-corrected chi connectivity index (χ2v) is 6.61. The van der Waals surface area contributed by atoms with E-state index in [0.29, 0.717) is 27.6 Å². The van der Waals surface area contributed by atoms with E-state index in [1.165, 1.54) is 30.5 Å². The Hall–Kier alpha value is -2.87. The molecule has 0 aliphatic carbocycles. The molecule has 0 N–H and O–H groups in total. The Labute approximate surface area is 162 Å². The molecule has 3 nitrogen and oxygen atoms in total. The van der Waals surface area contributed by atoms with Gasteiger partial charge < -0.3 is 0 Å². The molecule has 3 aromatic rings. The highest BCUT2D eigenvalue weighted by molar-refractivity contribution is 7.98. The van der Waals surface area contributed by atoms with Crippen molar-refractivity contribution in [2.24, 2.45) is 0 Å². The summed E-state index contributed by atoms with van der Waals surface area (Å²) in [5, 5.41) is 3.80. The molecule has 1 aromatic heterocycles. The lowest BCUT2D eigenvalue weighted by molar-refractivity contribution is 0.160. The van der Waals surface area contributed by atoms with Crippen molar-refractivity contribution in [2.45, 2.75) is 11.3 Å². The van der Waals surface area contributed by atoms with Crippen molar-refractivity contribution in [3.05, 3.63) is 76.7 Å². The minimum Gasteiger partial charge on any atom is -0.267 e. The molecule has 0 saturated heterocycles. The van der Waals surface area contributed by atoms with Crippen LogP contribution in [0.4, 0.5) is 17.6 Å². The Morgan fingerprint density at radius 2 is 1.68 bits per heavy atom. The van der Waals surface area contributed by atoms with Crippen LogP contribution in [-0.2, 0) is 0 Å². The van der Waals surface area contributed by atoms with Crippen molar-refractivity contribution in [1.82, 2.24) is 9.78 Å². The van der Waals surface area contributed by atoms with E-state index in [4.69, 9.17) is 0 Å². The van der Waals surface area contributed by atoms with Gasteiger partial charge in [0.2, 0.25) is 0 Å². The fraction of sp³-hybridized carbons (Fsp3) is 0.100. The summed E-state index contributed by atoms with van der Waals surface area (Å²) < 4.78 is 52.2. The fourth-order valence-corrected chi connectivity index (χ4v) is 3.03. The summed E-state index contributed by atoms with van der Waals surface area (Å²) in [6, 6.07) is 12.4. The Morgan fingerprint density at radius 1 is 1.07 bits per heavy atom. The van der Waals surface area contributed by atoms with Gasteiger partial charge in [0, 0.05) is 10.5 Å². The van der Waals surface area contributed by atoms with Gasteiger partial charge in [-0.2, -0.15) is 5.10 Å². The molecule has 8 heteroatoms. The van der Waals surface area contributed by atoms with Crippen LogP contribution in [0, 0.1) is 5.82 Å². The second kappa shape index (κ2) is 8.43. The normalized spacial score (nSPS) is 11.9. The predicted molar refractivity (Wildman–Crippen MR) is 102 cm³/mol. The second-order valence-electron chi connectivity index (χ2n) is 5.73. The molecule has 0 unspecified atom stereocenters. The molecule has 0 atom stereocenters. The van der Waals surface area contributed by atoms with Gasteiger partial charge in [-0.15, -0.1) is 11.8 Å². The largest absolute Gasteiger partial charge is 0.291 e. The van der Waals surface area contributed by atoms with Crippen LogP contribution in [0.1, 0.15) is 0 Å². The van der Waals surface area contributed by atoms with Crippen molar-refractivity contribution in [2.75, 3.05) is 6.26 Å². The van der Waals surface area contributed by atoms with Crippen molar-refractivity contribution >= 4 is 18.0 Å². The van der Waals surface area contributed by atoms with E-state index >= 15 is 0 Å². The maximum Gasteiger partial charge on any atom is 0.291 e. The first-order valence-electron chi connectivity index (χ1n) is 8.08. The number of aromatic nitrogens is 2. The standard InChI is InChI=1S/C20H14F4N2OS/c1-28-15-8-4-12(5-9-15)16-10-25-26(11-17(22)19(23)24)20(27)18(16)13-2-6-14(21)7-3-13/h2-11,19H,1H3/b17-11-. The van der Waals surface area contributed by atoms with Crippen molar-refractivity contribution in [3.8, 4) is 22.3 Å². The Kier molecular flexibility index (Phi) is 5.99. The van der Waals surface area contributed by atoms with Gasteiger partial charge in [0.25, 0.3) is 12.0 Å². The van der Waals surface area contributed by atoms with Gasteiger partial charge in [0.15, 0.2) is 5.83 Å². The van der Waals surface area contributed by atoms with E-state index in [1.807, 2.05) is 18.4 Å². The Morgan fingerprint density at radius 3 is 2.25 bits per heavy atom. The van der Waals surface area contributed by atoms with Crippen LogP contribution in [0.5, 0.6) is 0 Å². The minimum absolute atomic E-state index is 0.102. The molecule has 0 radical (unpaired) electrons. The van der Waals surface area contributed by atoms with Crippen LogP contribution >= 0.6 is 11.8 Å². The van der Waals surface area contributed by atoms with Crippen LogP contribution in [0.3, 0.4) is 0 Å². The summed E-state index contributed by atoms with van der Waals surface area (Å²) in [6.07, 6.45) is 0.206. The summed E-state index contributed by atoms with van der Waals surface area (Å²) in [7, 11) is 0. The number of allylic oxidation sites excluding steroid dienone is 1.